The Morgan fingerprint density at radius 3 is 2.63 bits per heavy atom. The third-order valence-electron chi connectivity index (χ3n) is 2.86. The van der Waals surface area contributed by atoms with E-state index in [4.69, 9.17) is 15.0 Å². The largest absolute Gasteiger partial charge is 0.379 e. The van der Waals surface area contributed by atoms with Crippen molar-refractivity contribution in [2.45, 2.75) is 38.0 Å². The summed E-state index contributed by atoms with van der Waals surface area (Å²) in [4.78, 5) is 4.07. The van der Waals surface area contributed by atoms with Crippen LogP contribution in [0.3, 0.4) is 0 Å². The molecule has 0 saturated heterocycles. The lowest BCUT2D eigenvalue weighted by Gasteiger charge is -2.16. The van der Waals surface area contributed by atoms with Crippen molar-refractivity contribution in [1.82, 2.24) is 10.1 Å². The highest BCUT2D eigenvalue weighted by molar-refractivity contribution is 7.91. The van der Waals surface area contributed by atoms with Crippen LogP contribution in [0.2, 0.25) is 0 Å². The minimum atomic E-state index is -3.36. The molecule has 0 aliphatic carbocycles. The number of aromatic nitrogens is 2. The number of nitrogens with two attached hydrogens (primary N) is 1. The van der Waals surface area contributed by atoms with Crippen LogP contribution in [-0.4, -0.2) is 38.0 Å². The Kier molecular flexibility index (Phi) is 5.05. The second-order valence-corrected chi connectivity index (χ2v) is 7.49. The van der Waals surface area contributed by atoms with Crippen LogP contribution in [-0.2, 0) is 19.3 Å². The van der Waals surface area contributed by atoms with E-state index < -0.39 is 20.6 Å². The van der Waals surface area contributed by atoms with E-state index in [-0.39, 0.29) is 18.3 Å². The van der Waals surface area contributed by atoms with E-state index in [1.807, 2.05) is 6.92 Å². The minimum absolute atomic E-state index is 0.0379. The van der Waals surface area contributed by atoms with Crippen molar-refractivity contribution in [2.24, 2.45) is 5.73 Å². The average molecular weight is 291 g/mol. The van der Waals surface area contributed by atoms with Gasteiger partial charge in [0.15, 0.2) is 15.7 Å². The van der Waals surface area contributed by atoms with Gasteiger partial charge in [0.05, 0.1) is 12.6 Å². The average Bonchev–Trinajstić information content (AvgIpc) is 2.77. The van der Waals surface area contributed by atoms with Gasteiger partial charge in [-0.05, 0) is 20.3 Å². The summed E-state index contributed by atoms with van der Waals surface area (Å²) in [6.45, 7) is 5.89. The first-order chi connectivity index (χ1) is 8.70. The normalized spacial score (nSPS) is 14.6. The quantitative estimate of drug-likeness (QED) is 0.739. The van der Waals surface area contributed by atoms with Gasteiger partial charge in [0.25, 0.3) is 0 Å². The smallest absolute Gasteiger partial charge is 0.247 e. The summed E-state index contributed by atoms with van der Waals surface area (Å²) in [7, 11) is -3.36. The fourth-order valence-corrected chi connectivity index (χ4v) is 1.62. The van der Waals surface area contributed by atoms with Gasteiger partial charge < -0.3 is 15.0 Å². The second-order valence-electron chi connectivity index (χ2n) is 4.92. The van der Waals surface area contributed by atoms with Crippen molar-refractivity contribution in [3.63, 3.8) is 0 Å². The van der Waals surface area contributed by atoms with E-state index in [0.29, 0.717) is 6.61 Å². The maximum absolute atomic E-state index is 11.7. The van der Waals surface area contributed by atoms with Crippen LogP contribution in [0, 0.1) is 0 Å². The molecule has 1 rings (SSSR count). The molecule has 0 spiro atoms. The highest BCUT2D eigenvalue weighted by Gasteiger charge is 2.38. The molecule has 2 N–H and O–H groups in total. The molecule has 8 heteroatoms. The van der Waals surface area contributed by atoms with Gasteiger partial charge in [-0.25, -0.2) is 8.42 Å². The summed E-state index contributed by atoms with van der Waals surface area (Å²) >= 11 is 0. The van der Waals surface area contributed by atoms with Crippen LogP contribution in [0.25, 0.3) is 0 Å². The minimum Gasteiger partial charge on any atom is -0.379 e. The molecular weight excluding hydrogens is 270 g/mol. The third-order valence-corrected chi connectivity index (χ3v) is 4.89. The molecule has 0 aliphatic rings. The summed E-state index contributed by atoms with van der Waals surface area (Å²) in [6, 6.07) is -0.528. The van der Waals surface area contributed by atoms with Gasteiger partial charge in [0.1, 0.15) is 4.75 Å². The SMILES string of the molecule is CCCOCC(N)c1noc(C(C)(C)S(C)(=O)=O)n1. The third kappa shape index (κ3) is 3.74. The van der Waals surface area contributed by atoms with Gasteiger partial charge in [-0.1, -0.05) is 12.1 Å². The van der Waals surface area contributed by atoms with Crippen LogP contribution in [0.4, 0.5) is 0 Å². The Bertz CT molecular complexity index is 510. The van der Waals surface area contributed by atoms with E-state index in [1.165, 1.54) is 13.8 Å². The molecule has 110 valence electrons. The van der Waals surface area contributed by atoms with Gasteiger partial charge >= 0.3 is 0 Å². The Morgan fingerprint density at radius 2 is 2.11 bits per heavy atom. The Morgan fingerprint density at radius 1 is 1.47 bits per heavy atom. The predicted molar refractivity (Wildman–Crippen MR) is 70.2 cm³/mol. The van der Waals surface area contributed by atoms with Gasteiger partial charge in [-0.15, -0.1) is 0 Å². The molecule has 0 aliphatic heterocycles. The molecule has 1 aromatic heterocycles. The van der Waals surface area contributed by atoms with Gasteiger partial charge in [0.2, 0.25) is 5.89 Å². The fourth-order valence-electron chi connectivity index (χ4n) is 1.22. The molecule has 0 radical (unpaired) electrons. The number of hydrogen-bond acceptors (Lipinski definition) is 7. The van der Waals surface area contributed by atoms with Gasteiger partial charge in [-0.3, -0.25) is 0 Å². The number of ether oxygens (including phenoxy) is 1. The van der Waals surface area contributed by atoms with Crippen molar-refractivity contribution < 1.29 is 17.7 Å². The lowest BCUT2D eigenvalue weighted by atomic mass is 10.2. The Hall–Kier alpha value is -0.990. The zero-order valence-electron chi connectivity index (χ0n) is 11.7. The molecule has 0 aromatic carbocycles. The zero-order valence-corrected chi connectivity index (χ0v) is 12.5. The lowest BCUT2D eigenvalue weighted by Crippen LogP contribution is -2.28. The number of nitrogens with zero attached hydrogens (tertiary/aromatic N) is 2. The van der Waals surface area contributed by atoms with Crippen molar-refractivity contribution >= 4 is 9.84 Å². The first kappa shape index (κ1) is 16.1. The monoisotopic (exact) mass is 291 g/mol. The van der Waals surface area contributed by atoms with Crippen molar-refractivity contribution in [3.8, 4) is 0 Å². The maximum Gasteiger partial charge on any atom is 0.247 e. The van der Waals surface area contributed by atoms with Crippen LogP contribution < -0.4 is 5.73 Å². The molecule has 0 amide bonds. The molecule has 1 heterocycles. The van der Waals surface area contributed by atoms with Crippen molar-refractivity contribution in [1.29, 1.82) is 0 Å². The molecule has 19 heavy (non-hydrogen) atoms. The maximum atomic E-state index is 11.7. The van der Waals surface area contributed by atoms with Crippen LogP contribution >= 0.6 is 0 Å². The van der Waals surface area contributed by atoms with E-state index in [2.05, 4.69) is 10.1 Å². The number of hydrogen-bond donors (Lipinski definition) is 1. The van der Waals surface area contributed by atoms with Gasteiger partial charge in [-0.2, -0.15) is 4.98 Å². The van der Waals surface area contributed by atoms with Crippen LogP contribution in [0.1, 0.15) is 44.9 Å². The summed E-state index contributed by atoms with van der Waals surface area (Å²) in [5, 5.41) is 3.72. The zero-order chi connectivity index (χ0) is 14.7. The van der Waals surface area contributed by atoms with E-state index in [1.54, 1.807) is 0 Å². The first-order valence-electron chi connectivity index (χ1n) is 6.07. The number of sulfone groups is 1. The molecule has 0 saturated carbocycles. The summed E-state index contributed by atoms with van der Waals surface area (Å²) in [5.74, 6) is 0.291. The molecule has 1 atom stereocenters. The first-order valence-corrected chi connectivity index (χ1v) is 7.96. The van der Waals surface area contributed by atoms with Crippen molar-refractivity contribution in [3.05, 3.63) is 11.7 Å². The molecular formula is C11H21N3O4S. The van der Waals surface area contributed by atoms with E-state index >= 15 is 0 Å². The highest BCUT2D eigenvalue weighted by Crippen LogP contribution is 2.27. The molecule has 0 fully saturated rings. The van der Waals surface area contributed by atoms with Gasteiger partial charge in [0, 0.05) is 12.9 Å². The molecule has 7 nitrogen and oxygen atoms in total. The summed E-state index contributed by atoms with van der Waals surface area (Å²) in [6.07, 6.45) is 2.02. The topological polar surface area (TPSA) is 108 Å². The summed E-state index contributed by atoms with van der Waals surface area (Å²) < 4.78 is 32.4. The highest BCUT2D eigenvalue weighted by atomic mass is 32.2. The Balaban J connectivity index is 2.83. The van der Waals surface area contributed by atoms with E-state index in [9.17, 15) is 8.42 Å². The van der Waals surface area contributed by atoms with Crippen molar-refractivity contribution in [2.75, 3.05) is 19.5 Å². The fraction of sp³-hybridized carbons (Fsp3) is 0.818. The number of rotatable bonds is 7. The molecule has 1 unspecified atom stereocenters. The van der Waals surface area contributed by atoms with Crippen LogP contribution in [0.5, 0.6) is 0 Å². The second kappa shape index (κ2) is 5.98. The standard InChI is InChI=1S/C11H21N3O4S/c1-5-6-17-7-8(12)9-13-10(18-14-9)11(2,3)19(4,15)16/h8H,5-7,12H2,1-4H3. The Labute approximate surface area is 113 Å². The molecule has 0 bridgehead atoms. The molecule has 1 aromatic rings. The predicted octanol–water partition coefficient (Wildman–Crippen LogP) is 0.776. The summed E-state index contributed by atoms with van der Waals surface area (Å²) in [5.41, 5.74) is 5.84. The lowest BCUT2D eigenvalue weighted by molar-refractivity contribution is 0.119. The van der Waals surface area contributed by atoms with E-state index in [0.717, 1.165) is 12.7 Å². The van der Waals surface area contributed by atoms with Crippen LogP contribution in [0.15, 0.2) is 4.52 Å².